The minimum absolute atomic E-state index is 0.0791. The molecule has 1 amide bonds. The Labute approximate surface area is 125 Å². The number of rotatable bonds is 6. The van der Waals surface area contributed by atoms with Gasteiger partial charge in [0.05, 0.1) is 32.1 Å². The summed E-state index contributed by atoms with van der Waals surface area (Å²) in [4.78, 5) is 16.6. The van der Waals surface area contributed by atoms with Crippen molar-refractivity contribution >= 4 is 5.91 Å². The fraction of sp³-hybridized carbons (Fsp3) is 0.714. The van der Waals surface area contributed by atoms with Crippen molar-refractivity contribution in [2.45, 2.75) is 12.6 Å². The third-order valence-corrected chi connectivity index (χ3v) is 3.83. The van der Waals surface area contributed by atoms with Crippen LogP contribution in [0.3, 0.4) is 0 Å². The summed E-state index contributed by atoms with van der Waals surface area (Å²) in [6.45, 7) is 3.51. The summed E-state index contributed by atoms with van der Waals surface area (Å²) in [5, 5.41) is 4.15. The molecule has 0 radical (unpaired) electrons. The second-order valence-electron chi connectivity index (χ2n) is 5.27. The van der Waals surface area contributed by atoms with E-state index >= 15 is 0 Å². The van der Waals surface area contributed by atoms with Gasteiger partial charge in [-0.25, -0.2) is 0 Å². The van der Waals surface area contributed by atoms with Crippen LogP contribution in [0, 0.1) is 0 Å². The fourth-order valence-corrected chi connectivity index (χ4v) is 2.38. The second-order valence-corrected chi connectivity index (χ2v) is 5.27. The highest BCUT2D eigenvalue weighted by Crippen LogP contribution is 2.11. The van der Waals surface area contributed by atoms with E-state index in [1.54, 1.807) is 18.0 Å². The number of hydrogen-bond acceptors (Lipinski definition) is 5. The number of carbonyl (C=O) groups is 1. The highest BCUT2D eigenvalue weighted by molar-refractivity contribution is 5.82. The molecule has 1 atom stereocenters. The Morgan fingerprint density at radius 1 is 1.57 bits per heavy atom. The van der Waals surface area contributed by atoms with Crippen molar-refractivity contribution in [2.24, 2.45) is 7.05 Å². The maximum Gasteiger partial charge on any atom is 0.242 e. The van der Waals surface area contributed by atoms with E-state index < -0.39 is 0 Å². The minimum atomic E-state index is -0.219. The van der Waals surface area contributed by atoms with Gasteiger partial charge in [0, 0.05) is 33.4 Å². The van der Waals surface area contributed by atoms with Crippen LogP contribution in [0.1, 0.15) is 5.69 Å². The normalized spacial score (nSPS) is 19.7. The Bertz CT molecular complexity index is 463. The molecule has 0 spiro atoms. The van der Waals surface area contributed by atoms with Gasteiger partial charge in [-0.3, -0.25) is 14.4 Å². The number of methoxy groups -OCH3 is 1. The standard InChI is InChI=1S/C14H24N4O3/c1-16-6-9-21-11-13(16)14(19)18(7-8-20-3)10-12-4-5-15-17(12)2/h4-5,13H,6-11H2,1-3H3. The topological polar surface area (TPSA) is 59.8 Å². The summed E-state index contributed by atoms with van der Waals surface area (Å²) >= 11 is 0. The minimum Gasteiger partial charge on any atom is -0.383 e. The first-order valence-corrected chi connectivity index (χ1v) is 7.16. The molecule has 1 fully saturated rings. The molecule has 118 valence electrons. The Hall–Kier alpha value is -1.44. The molecular weight excluding hydrogens is 272 g/mol. The Kier molecular flexibility index (Phi) is 5.72. The average molecular weight is 296 g/mol. The zero-order valence-electron chi connectivity index (χ0n) is 13.0. The van der Waals surface area contributed by atoms with Gasteiger partial charge in [-0.2, -0.15) is 5.10 Å². The predicted molar refractivity (Wildman–Crippen MR) is 77.7 cm³/mol. The van der Waals surface area contributed by atoms with Crippen molar-refractivity contribution in [3.63, 3.8) is 0 Å². The van der Waals surface area contributed by atoms with Gasteiger partial charge in [0.15, 0.2) is 0 Å². The van der Waals surface area contributed by atoms with Crippen molar-refractivity contribution in [2.75, 3.05) is 47.1 Å². The second kappa shape index (κ2) is 7.53. The van der Waals surface area contributed by atoms with Gasteiger partial charge in [-0.05, 0) is 13.1 Å². The van der Waals surface area contributed by atoms with Crippen molar-refractivity contribution < 1.29 is 14.3 Å². The van der Waals surface area contributed by atoms with E-state index in [1.807, 2.05) is 25.1 Å². The van der Waals surface area contributed by atoms with Crippen LogP contribution < -0.4 is 0 Å². The Morgan fingerprint density at radius 3 is 3.00 bits per heavy atom. The molecule has 2 heterocycles. The SMILES string of the molecule is COCCN(Cc1ccnn1C)C(=O)C1COCCN1C. The lowest BCUT2D eigenvalue weighted by Crippen LogP contribution is -2.53. The molecule has 1 aliphatic heterocycles. The summed E-state index contributed by atoms with van der Waals surface area (Å²) < 4.78 is 12.4. The molecule has 7 nitrogen and oxygen atoms in total. The number of morpholine rings is 1. The summed E-state index contributed by atoms with van der Waals surface area (Å²) in [7, 11) is 5.48. The zero-order valence-corrected chi connectivity index (χ0v) is 13.0. The van der Waals surface area contributed by atoms with Crippen molar-refractivity contribution in [3.05, 3.63) is 18.0 Å². The number of aryl methyl sites for hydroxylation is 1. The van der Waals surface area contributed by atoms with Crippen LogP contribution in [0.5, 0.6) is 0 Å². The van der Waals surface area contributed by atoms with Gasteiger partial charge in [0.2, 0.25) is 5.91 Å². The predicted octanol–water partition coefficient (Wildman–Crippen LogP) is -0.274. The molecule has 1 aliphatic rings. The lowest BCUT2D eigenvalue weighted by molar-refractivity contribution is -0.143. The van der Waals surface area contributed by atoms with Crippen LogP contribution in [0.25, 0.3) is 0 Å². The third kappa shape index (κ3) is 4.03. The van der Waals surface area contributed by atoms with E-state index in [1.165, 1.54) is 0 Å². The van der Waals surface area contributed by atoms with E-state index in [0.29, 0.717) is 32.9 Å². The highest BCUT2D eigenvalue weighted by atomic mass is 16.5. The van der Waals surface area contributed by atoms with E-state index in [0.717, 1.165) is 12.2 Å². The molecule has 2 rings (SSSR count). The summed E-state index contributed by atoms with van der Waals surface area (Å²) in [6, 6.07) is 1.71. The molecule has 0 N–H and O–H groups in total. The largest absolute Gasteiger partial charge is 0.383 e. The van der Waals surface area contributed by atoms with Gasteiger partial charge in [0.25, 0.3) is 0 Å². The lowest BCUT2D eigenvalue weighted by atomic mass is 10.2. The van der Waals surface area contributed by atoms with Crippen LogP contribution >= 0.6 is 0 Å². The Morgan fingerprint density at radius 2 is 2.38 bits per heavy atom. The smallest absolute Gasteiger partial charge is 0.242 e. The van der Waals surface area contributed by atoms with Crippen molar-refractivity contribution in [1.29, 1.82) is 0 Å². The van der Waals surface area contributed by atoms with E-state index in [2.05, 4.69) is 10.00 Å². The van der Waals surface area contributed by atoms with E-state index in [-0.39, 0.29) is 11.9 Å². The number of carbonyl (C=O) groups excluding carboxylic acids is 1. The van der Waals surface area contributed by atoms with E-state index in [4.69, 9.17) is 9.47 Å². The molecule has 1 saturated heterocycles. The van der Waals surface area contributed by atoms with E-state index in [9.17, 15) is 4.79 Å². The summed E-state index contributed by atoms with van der Waals surface area (Å²) in [5.74, 6) is 0.0791. The van der Waals surface area contributed by atoms with Gasteiger partial charge >= 0.3 is 0 Å². The molecule has 0 bridgehead atoms. The fourth-order valence-electron chi connectivity index (χ4n) is 2.38. The molecule has 7 heteroatoms. The molecular formula is C14H24N4O3. The first-order chi connectivity index (χ1) is 10.1. The van der Waals surface area contributed by atoms with Gasteiger partial charge in [0.1, 0.15) is 6.04 Å². The maximum absolute atomic E-state index is 12.8. The maximum atomic E-state index is 12.8. The molecule has 1 aromatic rings. The van der Waals surface area contributed by atoms with Crippen LogP contribution in [-0.4, -0.2) is 78.6 Å². The van der Waals surface area contributed by atoms with Crippen molar-refractivity contribution in [1.82, 2.24) is 19.6 Å². The van der Waals surface area contributed by atoms with Crippen LogP contribution in [-0.2, 0) is 27.9 Å². The molecule has 1 aromatic heterocycles. The molecule has 0 aromatic carbocycles. The van der Waals surface area contributed by atoms with Gasteiger partial charge in [-0.1, -0.05) is 0 Å². The molecule has 0 aliphatic carbocycles. The number of nitrogens with zero attached hydrogens (tertiary/aromatic N) is 4. The number of likely N-dealkylation sites (N-methyl/N-ethyl adjacent to an activating group) is 1. The van der Waals surface area contributed by atoms with Crippen molar-refractivity contribution in [3.8, 4) is 0 Å². The van der Waals surface area contributed by atoms with Crippen LogP contribution in [0.15, 0.2) is 12.3 Å². The molecule has 0 saturated carbocycles. The monoisotopic (exact) mass is 296 g/mol. The van der Waals surface area contributed by atoms with Crippen LogP contribution in [0.2, 0.25) is 0 Å². The lowest BCUT2D eigenvalue weighted by Gasteiger charge is -2.35. The summed E-state index contributed by atoms with van der Waals surface area (Å²) in [6.07, 6.45) is 1.74. The number of ether oxygens (including phenoxy) is 2. The zero-order chi connectivity index (χ0) is 15.2. The van der Waals surface area contributed by atoms with Crippen LogP contribution in [0.4, 0.5) is 0 Å². The molecule has 21 heavy (non-hydrogen) atoms. The number of aromatic nitrogens is 2. The molecule has 1 unspecified atom stereocenters. The quantitative estimate of drug-likeness (QED) is 0.723. The third-order valence-electron chi connectivity index (χ3n) is 3.83. The number of hydrogen-bond donors (Lipinski definition) is 0. The highest BCUT2D eigenvalue weighted by Gasteiger charge is 2.30. The first-order valence-electron chi connectivity index (χ1n) is 7.16. The van der Waals surface area contributed by atoms with Gasteiger partial charge in [-0.15, -0.1) is 0 Å². The first kappa shape index (κ1) is 15.9. The van der Waals surface area contributed by atoms with Gasteiger partial charge < -0.3 is 14.4 Å². The average Bonchev–Trinajstić information content (AvgIpc) is 2.88. The Balaban J connectivity index is 2.07. The number of amides is 1. The summed E-state index contributed by atoms with van der Waals surface area (Å²) in [5.41, 5.74) is 0.999.